The summed E-state index contributed by atoms with van der Waals surface area (Å²) in [6.07, 6.45) is 0.797. The van der Waals surface area contributed by atoms with Crippen molar-refractivity contribution in [2.24, 2.45) is 0 Å². The number of amides is 1. The number of sulfonamides is 1. The van der Waals surface area contributed by atoms with Gasteiger partial charge in [0.15, 0.2) is 0 Å². The van der Waals surface area contributed by atoms with Gasteiger partial charge in [-0.05, 0) is 44.5 Å². The first-order valence-electron chi connectivity index (χ1n) is 8.23. The highest BCUT2D eigenvalue weighted by Crippen LogP contribution is 2.26. The minimum atomic E-state index is -3.75. The number of anilines is 1. The van der Waals surface area contributed by atoms with Crippen LogP contribution in [-0.2, 0) is 10.0 Å². The maximum absolute atomic E-state index is 12.9. The Hall–Kier alpha value is -2.34. The highest BCUT2D eigenvalue weighted by molar-refractivity contribution is 7.92. The van der Waals surface area contributed by atoms with Crippen LogP contribution in [0.4, 0.5) is 5.69 Å². The molecule has 5 nitrogen and oxygen atoms in total. The average molecular weight is 360 g/mol. The van der Waals surface area contributed by atoms with E-state index in [1.54, 1.807) is 48.5 Å². The van der Waals surface area contributed by atoms with Gasteiger partial charge in [0.2, 0.25) is 0 Å². The third kappa shape index (κ3) is 4.20. The van der Waals surface area contributed by atoms with Crippen molar-refractivity contribution in [1.29, 1.82) is 0 Å². The van der Waals surface area contributed by atoms with Crippen LogP contribution in [0.3, 0.4) is 0 Å². The fraction of sp³-hybridized carbons (Fsp3) is 0.316. The molecule has 134 valence electrons. The normalized spacial score (nSPS) is 12.5. The van der Waals surface area contributed by atoms with E-state index in [-0.39, 0.29) is 16.8 Å². The number of carbonyl (C=O) groups excluding carboxylic acids is 1. The Bertz CT molecular complexity index is 845. The van der Waals surface area contributed by atoms with Crippen molar-refractivity contribution in [3.05, 3.63) is 59.7 Å². The van der Waals surface area contributed by atoms with Crippen molar-refractivity contribution in [3.8, 4) is 0 Å². The molecule has 0 aliphatic carbocycles. The molecule has 25 heavy (non-hydrogen) atoms. The molecule has 0 unspecified atom stereocenters. The molecule has 0 radical (unpaired) electrons. The number of aryl methyl sites for hydroxylation is 1. The Kier molecular flexibility index (Phi) is 5.85. The number of hydrogen-bond acceptors (Lipinski definition) is 3. The minimum absolute atomic E-state index is 0.0135. The third-order valence-corrected chi connectivity index (χ3v) is 5.94. The van der Waals surface area contributed by atoms with Crippen LogP contribution < -0.4 is 9.62 Å². The Labute approximate surface area is 149 Å². The second kappa shape index (κ2) is 7.70. The van der Waals surface area contributed by atoms with Crippen LogP contribution in [0.2, 0.25) is 0 Å². The van der Waals surface area contributed by atoms with Crippen LogP contribution in [0, 0.1) is 6.92 Å². The second-order valence-electron chi connectivity index (χ2n) is 6.09. The zero-order chi connectivity index (χ0) is 18.6. The van der Waals surface area contributed by atoms with Crippen molar-refractivity contribution < 1.29 is 13.2 Å². The van der Waals surface area contributed by atoms with E-state index >= 15 is 0 Å². The maximum atomic E-state index is 12.9. The highest BCUT2D eigenvalue weighted by Gasteiger charge is 2.25. The summed E-state index contributed by atoms with van der Waals surface area (Å²) in [7, 11) is -2.28. The van der Waals surface area contributed by atoms with Gasteiger partial charge in [0.1, 0.15) is 0 Å². The highest BCUT2D eigenvalue weighted by atomic mass is 32.2. The summed E-state index contributed by atoms with van der Waals surface area (Å²) >= 11 is 0. The number of benzene rings is 2. The molecule has 0 aliphatic rings. The molecule has 2 aromatic rings. The third-order valence-electron chi connectivity index (χ3n) is 4.16. The summed E-state index contributed by atoms with van der Waals surface area (Å²) in [6, 6.07) is 13.4. The van der Waals surface area contributed by atoms with Gasteiger partial charge in [0.25, 0.3) is 15.9 Å². The molecule has 1 amide bonds. The van der Waals surface area contributed by atoms with Gasteiger partial charge in [-0.2, -0.15) is 0 Å². The van der Waals surface area contributed by atoms with E-state index in [0.717, 1.165) is 16.3 Å². The number of nitrogens with one attached hydrogen (secondary N) is 1. The van der Waals surface area contributed by atoms with Gasteiger partial charge in [-0.15, -0.1) is 0 Å². The molecule has 0 fully saturated rings. The molecule has 0 saturated heterocycles. The van der Waals surface area contributed by atoms with Crippen LogP contribution in [0.25, 0.3) is 0 Å². The predicted molar refractivity (Wildman–Crippen MR) is 100 cm³/mol. The molecule has 6 heteroatoms. The molecule has 0 spiro atoms. The summed E-state index contributed by atoms with van der Waals surface area (Å²) in [4.78, 5) is 12.7. The zero-order valence-corrected chi connectivity index (χ0v) is 15.8. The summed E-state index contributed by atoms with van der Waals surface area (Å²) in [6.45, 7) is 5.78. The lowest BCUT2D eigenvalue weighted by Crippen LogP contribution is -2.34. The van der Waals surface area contributed by atoms with Crippen LogP contribution in [0.15, 0.2) is 53.4 Å². The summed E-state index contributed by atoms with van der Waals surface area (Å²) in [5, 5.41) is 2.88. The van der Waals surface area contributed by atoms with Crippen LogP contribution in [0.5, 0.6) is 0 Å². The van der Waals surface area contributed by atoms with Crippen molar-refractivity contribution >= 4 is 21.6 Å². The van der Waals surface area contributed by atoms with Crippen molar-refractivity contribution in [1.82, 2.24) is 5.32 Å². The lowest BCUT2D eigenvalue weighted by Gasteiger charge is -2.23. The second-order valence-corrected chi connectivity index (χ2v) is 8.05. The lowest BCUT2D eigenvalue weighted by molar-refractivity contribution is 0.0940. The zero-order valence-electron chi connectivity index (χ0n) is 15.0. The number of hydrogen-bond donors (Lipinski definition) is 1. The van der Waals surface area contributed by atoms with E-state index in [0.29, 0.717) is 11.3 Å². The van der Waals surface area contributed by atoms with E-state index in [2.05, 4.69) is 5.32 Å². The van der Waals surface area contributed by atoms with Gasteiger partial charge >= 0.3 is 0 Å². The van der Waals surface area contributed by atoms with E-state index in [1.165, 1.54) is 7.05 Å². The van der Waals surface area contributed by atoms with Gasteiger partial charge in [0.05, 0.1) is 16.1 Å². The smallest absolute Gasteiger partial charge is 0.264 e. The first-order valence-corrected chi connectivity index (χ1v) is 9.67. The Morgan fingerprint density at radius 1 is 1.12 bits per heavy atom. The maximum Gasteiger partial charge on any atom is 0.264 e. The summed E-state index contributed by atoms with van der Waals surface area (Å²) in [5.41, 5.74) is 1.67. The van der Waals surface area contributed by atoms with Gasteiger partial charge in [0, 0.05) is 13.1 Å². The van der Waals surface area contributed by atoms with Crippen molar-refractivity contribution in [2.45, 2.75) is 38.1 Å². The summed E-state index contributed by atoms with van der Waals surface area (Å²) < 4.78 is 26.9. The Balaban J connectivity index is 2.41. The number of nitrogens with zero attached hydrogens (tertiary/aromatic N) is 1. The number of carbonyl (C=O) groups is 1. The van der Waals surface area contributed by atoms with Gasteiger partial charge in [-0.25, -0.2) is 8.42 Å². The quantitative estimate of drug-likeness (QED) is 0.859. The van der Waals surface area contributed by atoms with Crippen LogP contribution >= 0.6 is 0 Å². The molecule has 0 aromatic heterocycles. The fourth-order valence-electron chi connectivity index (χ4n) is 2.34. The lowest BCUT2D eigenvalue weighted by atomic mass is 10.1. The van der Waals surface area contributed by atoms with Gasteiger partial charge in [-0.1, -0.05) is 36.8 Å². The Morgan fingerprint density at radius 3 is 2.32 bits per heavy atom. The van der Waals surface area contributed by atoms with E-state index in [9.17, 15) is 13.2 Å². The first kappa shape index (κ1) is 19.0. The topological polar surface area (TPSA) is 66.5 Å². The molecule has 2 rings (SSSR count). The standard InChI is InChI=1S/C19H24N2O3S/c1-5-15(3)20-19(22)17-8-6-7-9-18(17)21(4)25(23,24)16-12-10-14(2)11-13-16/h6-13,15H,5H2,1-4H3,(H,20,22)/t15-/m0/s1. The first-order chi connectivity index (χ1) is 11.8. The Morgan fingerprint density at radius 2 is 1.72 bits per heavy atom. The van der Waals surface area contributed by atoms with Crippen LogP contribution in [-0.4, -0.2) is 27.4 Å². The van der Waals surface area contributed by atoms with Gasteiger partial charge in [-0.3, -0.25) is 9.10 Å². The molecular weight excluding hydrogens is 336 g/mol. The van der Waals surface area contributed by atoms with Gasteiger partial charge < -0.3 is 5.32 Å². The van der Waals surface area contributed by atoms with E-state index < -0.39 is 10.0 Å². The monoisotopic (exact) mass is 360 g/mol. The molecule has 0 heterocycles. The molecule has 0 aliphatic heterocycles. The number of para-hydroxylation sites is 1. The van der Waals surface area contributed by atoms with Crippen molar-refractivity contribution in [2.75, 3.05) is 11.4 Å². The van der Waals surface area contributed by atoms with E-state index in [1.807, 2.05) is 20.8 Å². The van der Waals surface area contributed by atoms with Crippen molar-refractivity contribution in [3.63, 3.8) is 0 Å². The molecule has 1 atom stereocenters. The summed E-state index contributed by atoms with van der Waals surface area (Å²) in [5.74, 6) is -0.282. The molecule has 1 N–H and O–H groups in total. The van der Waals surface area contributed by atoms with E-state index in [4.69, 9.17) is 0 Å². The molecule has 0 saturated carbocycles. The SMILES string of the molecule is CC[C@H](C)NC(=O)c1ccccc1N(C)S(=O)(=O)c1ccc(C)cc1. The number of rotatable bonds is 6. The van der Waals surface area contributed by atoms with Crippen LogP contribution in [0.1, 0.15) is 36.2 Å². The molecular formula is C19H24N2O3S. The largest absolute Gasteiger partial charge is 0.350 e. The predicted octanol–water partition coefficient (Wildman–Crippen LogP) is 3.35. The minimum Gasteiger partial charge on any atom is -0.350 e. The molecule has 2 aromatic carbocycles. The fourth-order valence-corrected chi connectivity index (χ4v) is 3.56. The molecule has 0 bridgehead atoms. The average Bonchev–Trinajstić information content (AvgIpc) is 2.61.